The van der Waals surface area contributed by atoms with Crippen LogP contribution in [0.3, 0.4) is 0 Å². The number of imidazole rings is 1. The highest BCUT2D eigenvalue weighted by Gasteiger charge is 2.22. The first kappa shape index (κ1) is 13.2. The lowest BCUT2D eigenvalue weighted by Crippen LogP contribution is -2.27. The van der Waals surface area contributed by atoms with Crippen LogP contribution in [0.5, 0.6) is 0 Å². The maximum absolute atomic E-state index is 4.52. The van der Waals surface area contributed by atoms with Gasteiger partial charge < -0.3 is 9.88 Å². The van der Waals surface area contributed by atoms with Crippen LogP contribution in [0, 0.1) is 5.92 Å². The van der Waals surface area contributed by atoms with Crippen LogP contribution in [0.15, 0.2) is 12.4 Å². The minimum absolute atomic E-state index is 0.386. The van der Waals surface area contributed by atoms with Crippen LogP contribution in [0.25, 0.3) is 0 Å². The van der Waals surface area contributed by atoms with E-state index < -0.39 is 0 Å². The highest BCUT2D eigenvalue weighted by molar-refractivity contribution is 5.01. The molecule has 3 heteroatoms. The number of hydrogen-bond donors (Lipinski definition) is 1. The predicted molar refractivity (Wildman–Crippen MR) is 68.4 cm³/mol. The van der Waals surface area contributed by atoms with Gasteiger partial charge in [0, 0.05) is 18.9 Å². The molecule has 1 aromatic rings. The van der Waals surface area contributed by atoms with E-state index >= 15 is 0 Å². The van der Waals surface area contributed by atoms with Gasteiger partial charge in [-0.3, -0.25) is 0 Å². The van der Waals surface area contributed by atoms with Crippen LogP contribution in [-0.4, -0.2) is 16.6 Å². The molecule has 1 unspecified atom stereocenters. The third-order valence-corrected chi connectivity index (χ3v) is 3.32. The van der Waals surface area contributed by atoms with E-state index in [1.54, 1.807) is 0 Å². The molecule has 0 bridgehead atoms. The Bertz CT molecular complexity index is 289. The molecule has 0 radical (unpaired) electrons. The van der Waals surface area contributed by atoms with Gasteiger partial charge in [0.1, 0.15) is 5.82 Å². The molecule has 1 N–H and O–H groups in total. The molecule has 1 aromatic heterocycles. The van der Waals surface area contributed by atoms with Gasteiger partial charge >= 0.3 is 0 Å². The first-order chi connectivity index (χ1) is 7.78. The summed E-state index contributed by atoms with van der Waals surface area (Å²) in [6.45, 7) is 7.78. The van der Waals surface area contributed by atoms with E-state index in [0.29, 0.717) is 12.0 Å². The van der Waals surface area contributed by atoms with E-state index in [2.05, 4.69) is 41.8 Å². The van der Waals surface area contributed by atoms with Crippen LogP contribution in [0.4, 0.5) is 0 Å². The number of nitrogens with zero attached hydrogens (tertiary/aromatic N) is 2. The average molecular weight is 223 g/mol. The third-order valence-electron chi connectivity index (χ3n) is 3.32. The summed E-state index contributed by atoms with van der Waals surface area (Å²) >= 11 is 0. The topological polar surface area (TPSA) is 29.9 Å². The van der Waals surface area contributed by atoms with Gasteiger partial charge in [-0.1, -0.05) is 33.6 Å². The van der Waals surface area contributed by atoms with Gasteiger partial charge in [-0.15, -0.1) is 0 Å². The molecule has 0 amide bonds. The monoisotopic (exact) mass is 223 g/mol. The van der Waals surface area contributed by atoms with Crippen molar-refractivity contribution in [3.8, 4) is 0 Å². The van der Waals surface area contributed by atoms with Crippen LogP contribution in [0.2, 0.25) is 0 Å². The fourth-order valence-electron chi connectivity index (χ4n) is 2.37. The van der Waals surface area contributed by atoms with Gasteiger partial charge in [0.05, 0.1) is 6.04 Å². The summed E-state index contributed by atoms with van der Waals surface area (Å²) in [7, 11) is 2.04. The van der Waals surface area contributed by atoms with Crippen molar-refractivity contribution in [1.29, 1.82) is 0 Å². The summed E-state index contributed by atoms with van der Waals surface area (Å²) < 4.78 is 2.28. The lowest BCUT2D eigenvalue weighted by Gasteiger charge is -2.25. The van der Waals surface area contributed by atoms with Crippen LogP contribution >= 0.6 is 0 Å². The van der Waals surface area contributed by atoms with Crippen LogP contribution in [-0.2, 0) is 6.54 Å². The van der Waals surface area contributed by atoms with Crippen molar-refractivity contribution in [2.75, 3.05) is 7.05 Å². The van der Waals surface area contributed by atoms with Gasteiger partial charge in [-0.25, -0.2) is 4.98 Å². The van der Waals surface area contributed by atoms with E-state index in [0.717, 1.165) is 13.0 Å². The normalized spacial score (nSPS) is 13.3. The first-order valence-electron chi connectivity index (χ1n) is 6.46. The van der Waals surface area contributed by atoms with Gasteiger partial charge in [-0.05, 0) is 19.4 Å². The Labute approximate surface area is 99.3 Å². The maximum Gasteiger partial charge on any atom is 0.126 e. The lowest BCUT2D eigenvalue weighted by atomic mass is 9.93. The molecule has 0 fully saturated rings. The van der Waals surface area contributed by atoms with Gasteiger partial charge in [0.2, 0.25) is 0 Å². The fraction of sp³-hybridized carbons (Fsp3) is 0.769. The minimum atomic E-state index is 0.386. The molecule has 0 spiro atoms. The van der Waals surface area contributed by atoms with Crippen LogP contribution in [0.1, 0.15) is 51.9 Å². The van der Waals surface area contributed by atoms with Crippen molar-refractivity contribution < 1.29 is 0 Å². The van der Waals surface area contributed by atoms with Gasteiger partial charge in [0.25, 0.3) is 0 Å². The summed E-state index contributed by atoms with van der Waals surface area (Å²) in [6, 6.07) is 0.386. The van der Waals surface area contributed by atoms with Crippen molar-refractivity contribution in [2.45, 2.75) is 52.6 Å². The van der Waals surface area contributed by atoms with Gasteiger partial charge in [0.15, 0.2) is 0 Å². The molecule has 0 aliphatic rings. The second-order valence-electron chi connectivity index (χ2n) is 4.32. The standard InChI is InChI=1S/C13H25N3/c1-5-9-16-10-8-15-13(16)12(14-4)11(6-2)7-3/h8,10-12,14H,5-7,9H2,1-4H3. The molecule has 1 atom stereocenters. The van der Waals surface area contributed by atoms with E-state index in [-0.39, 0.29) is 0 Å². The quantitative estimate of drug-likeness (QED) is 0.770. The Morgan fingerprint density at radius 2 is 2.00 bits per heavy atom. The Hall–Kier alpha value is -0.830. The molecule has 0 aromatic carbocycles. The maximum atomic E-state index is 4.52. The second kappa shape index (κ2) is 6.69. The Morgan fingerprint density at radius 3 is 2.50 bits per heavy atom. The number of rotatable bonds is 7. The molecule has 3 nitrogen and oxygen atoms in total. The van der Waals surface area contributed by atoms with Crippen molar-refractivity contribution in [1.82, 2.24) is 14.9 Å². The van der Waals surface area contributed by atoms with E-state index in [1.165, 1.54) is 18.7 Å². The highest BCUT2D eigenvalue weighted by Crippen LogP contribution is 2.25. The number of nitrogens with one attached hydrogen (secondary N) is 1. The fourth-order valence-corrected chi connectivity index (χ4v) is 2.37. The highest BCUT2D eigenvalue weighted by atomic mass is 15.1. The van der Waals surface area contributed by atoms with Crippen molar-refractivity contribution in [3.05, 3.63) is 18.2 Å². The van der Waals surface area contributed by atoms with Gasteiger partial charge in [-0.2, -0.15) is 0 Å². The molecule has 1 rings (SSSR count). The summed E-state index contributed by atoms with van der Waals surface area (Å²) in [5.41, 5.74) is 0. The van der Waals surface area contributed by atoms with Crippen LogP contribution < -0.4 is 5.32 Å². The number of aryl methyl sites for hydroxylation is 1. The molecular weight excluding hydrogens is 198 g/mol. The zero-order chi connectivity index (χ0) is 12.0. The zero-order valence-electron chi connectivity index (χ0n) is 11.0. The molecule has 0 saturated heterocycles. The molecular formula is C13H25N3. The summed E-state index contributed by atoms with van der Waals surface area (Å²) in [6.07, 6.45) is 7.55. The van der Waals surface area contributed by atoms with Crippen molar-refractivity contribution >= 4 is 0 Å². The first-order valence-corrected chi connectivity index (χ1v) is 6.46. The Balaban J connectivity index is 2.88. The van der Waals surface area contributed by atoms with E-state index in [9.17, 15) is 0 Å². The predicted octanol–water partition coefficient (Wildman–Crippen LogP) is 2.99. The molecule has 0 saturated carbocycles. The lowest BCUT2D eigenvalue weighted by molar-refractivity contribution is 0.336. The SMILES string of the molecule is CCCn1ccnc1C(NC)C(CC)CC. The largest absolute Gasteiger partial charge is 0.334 e. The summed E-state index contributed by atoms with van der Waals surface area (Å²) in [4.78, 5) is 4.52. The molecule has 92 valence electrons. The Kier molecular flexibility index (Phi) is 5.53. The molecule has 16 heavy (non-hydrogen) atoms. The molecule has 0 aliphatic carbocycles. The third kappa shape index (κ3) is 2.85. The van der Waals surface area contributed by atoms with Crippen molar-refractivity contribution in [2.24, 2.45) is 5.92 Å². The van der Waals surface area contributed by atoms with Crippen molar-refractivity contribution in [3.63, 3.8) is 0 Å². The summed E-state index contributed by atoms with van der Waals surface area (Å²) in [5.74, 6) is 1.86. The van der Waals surface area contributed by atoms with E-state index in [4.69, 9.17) is 0 Å². The van der Waals surface area contributed by atoms with E-state index in [1.807, 2.05) is 13.2 Å². The number of hydrogen-bond acceptors (Lipinski definition) is 2. The Morgan fingerprint density at radius 1 is 1.31 bits per heavy atom. The number of aromatic nitrogens is 2. The molecule has 0 aliphatic heterocycles. The minimum Gasteiger partial charge on any atom is -0.334 e. The summed E-state index contributed by atoms with van der Waals surface area (Å²) in [5, 5.41) is 3.42. The second-order valence-corrected chi connectivity index (χ2v) is 4.32. The zero-order valence-corrected chi connectivity index (χ0v) is 11.0. The molecule has 1 heterocycles. The smallest absolute Gasteiger partial charge is 0.126 e. The average Bonchev–Trinajstić information content (AvgIpc) is 2.74.